The van der Waals surface area contributed by atoms with Crippen LogP contribution in [0.4, 0.5) is 18.9 Å². The molecule has 2 atom stereocenters. The van der Waals surface area contributed by atoms with Crippen LogP contribution >= 0.6 is 0 Å². The van der Waals surface area contributed by atoms with E-state index >= 15 is 0 Å². The van der Waals surface area contributed by atoms with Gasteiger partial charge in [-0.1, -0.05) is 0 Å². The highest BCUT2D eigenvalue weighted by Gasteiger charge is 2.35. The summed E-state index contributed by atoms with van der Waals surface area (Å²) < 4.78 is 77.1. The first kappa shape index (κ1) is 23.3. The Morgan fingerprint density at radius 1 is 1.12 bits per heavy atom. The van der Waals surface area contributed by atoms with Crippen LogP contribution in [0, 0.1) is 0 Å². The first-order valence-corrected chi connectivity index (χ1v) is 11.7. The highest BCUT2D eigenvalue weighted by molar-refractivity contribution is 7.92. The highest BCUT2D eigenvalue weighted by Crippen LogP contribution is 2.36. The number of rotatable bonds is 3. The van der Waals surface area contributed by atoms with Crippen LogP contribution in [0.3, 0.4) is 0 Å². The average molecular weight is 485 g/mol. The fourth-order valence-electron chi connectivity index (χ4n) is 3.91. The van der Waals surface area contributed by atoms with Crippen LogP contribution in [0.2, 0.25) is 0 Å². The molecule has 178 valence electrons. The number of alkyl halides is 3. The summed E-state index contributed by atoms with van der Waals surface area (Å²) in [6.07, 6.45) is -3.56. The summed E-state index contributed by atoms with van der Waals surface area (Å²) in [6.45, 7) is 4.39. The van der Waals surface area contributed by atoms with Gasteiger partial charge in [-0.25, -0.2) is 13.4 Å². The lowest BCUT2D eigenvalue weighted by Crippen LogP contribution is -2.48. The van der Waals surface area contributed by atoms with Gasteiger partial charge in [0.15, 0.2) is 0 Å². The minimum Gasteiger partial charge on any atom is -0.474 e. The Bertz CT molecular complexity index is 1140. The van der Waals surface area contributed by atoms with Gasteiger partial charge in [-0.2, -0.15) is 13.2 Å². The van der Waals surface area contributed by atoms with Crippen LogP contribution in [-0.2, 0) is 20.9 Å². The highest BCUT2D eigenvalue weighted by atomic mass is 32.2. The van der Waals surface area contributed by atoms with E-state index in [4.69, 9.17) is 9.47 Å². The van der Waals surface area contributed by atoms with Gasteiger partial charge in [0.1, 0.15) is 12.3 Å². The number of ether oxygens (including phenoxy) is 2. The Kier molecular flexibility index (Phi) is 5.99. The zero-order chi connectivity index (χ0) is 24.0. The molecule has 0 spiro atoms. The van der Waals surface area contributed by atoms with Crippen LogP contribution in [-0.4, -0.2) is 62.7 Å². The quantitative estimate of drug-likeness (QED) is 0.664. The summed E-state index contributed by atoms with van der Waals surface area (Å²) >= 11 is 0. The van der Waals surface area contributed by atoms with Gasteiger partial charge in [-0.3, -0.25) is 9.10 Å². The lowest BCUT2D eigenvalue weighted by Gasteiger charge is -2.35. The third-order valence-corrected chi connectivity index (χ3v) is 7.18. The fraction of sp³-hybridized carbons (Fsp3) is 0.429. The van der Waals surface area contributed by atoms with Crippen molar-refractivity contribution in [1.29, 1.82) is 0 Å². The van der Waals surface area contributed by atoms with E-state index in [9.17, 15) is 26.4 Å². The molecular formula is C21H22F3N3O5S. The van der Waals surface area contributed by atoms with Gasteiger partial charge in [0, 0.05) is 19.3 Å². The Morgan fingerprint density at radius 3 is 2.36 bits per heavy atom. The van der Waals surface area contributed by atoms with Crippen molar-refractivity contribution < 1.29 is 35.9 Å². The number of amides is 1. The van der Waals surface area contributed by atoms with Gasteiger partial charge in [0.25, 0.3) is 15.9 Å². The summed E-state index contributed by atoms with van der Waals surface area (Å²) in [5.41, 5.74) is -0.720. The van der Waals surface area contributed by atoms with Gasteiger partial charge >= 0.3 is 6.18 Å². The number of carbonyl (C=O) groups excluding carboxylic acids is 1. The summed E-state index contributed by atoms with van der Waals surface area (Å²) in [4.78, 5) is 18.5. The van der Waals surface area contributed by atoms with Crippen molar-refractivity contribution in [3.05, 3.63) is 47.7 Å². The largest absolute Gasteiger partial charge is 0.474 e. The number of pyridine rings is 1. The molecule has 4 rings (SSSR count). The number of nitrogens with zero attached hydrogens (tertiary/aromatic N) is 3. The lowest BCUT2D eigenvalue weighted by atomic mass is 10.1. The van der Waals surface area contributed by atoms with Gasteiger partial charge in [0.2, 0.25) is 5.88 Å². The standard InChI is InChI=1S/C21H22F3N3O5S/c1-13-11-26(12-14(2)32-13)20(28)15-9-18-19(25-10-15)31-8-7-27(18)33(29,30)17-5-3-16(4-6-17)21(22,23)24/h3-6,9-10,13-14H,7-8,11-12H2,1-2H3. The predicted molar refractivity (Wildman–Crippen MR) is 112 cm³/mol. The topological polar surface area (TPSA) is 89.0 Å². The Labute approximate surface area is 189 Å². The summed E-state index contributed by atoms with van der Waals surface area (Å²) in [6, 6.07) is 4.63. The van der Waals surface area contributed by atoms with Crippen molar-refractivity contribution in [3.8, 4) is 5.88 Å². The summed E-state index contributed by atoms with van der Waals surface area (Å²) in [7, 11) is -4.22. The molecule has 1 fully saturated rings. The van der Waals surface area contributed by atoms with Gasteiger partial charge in [-0.05, 0) is 44.2 Å². The second kappa shape index (κ2) is 8.49. The third kappa shape index (κ3) is 4.62. The number of hydrogen-bond donors (Lipinski definition) is 0. The van der Waals surface area contributed by atoms with Crippen molar-refractivity contribution in [2.24, 2.45) is 0 Å². The van der Waals surface area contributed by atoms with E-state index in [2.05, 4.69) is 4.98 Å². The van der Waals surface area contributed by atoms with Crippen LogP contribution in [0.1, 0.15) is 29.8 Å². The molecule has 1 aromatic heterocycles. The van der Waals surface area contributed by atoms with E-state index in [0.29, 0.717) is 25.2 Å². The van der Waals surface area contributed by atoms with Crippen molar-refractivity contribution >= 4 is 21.6 Å². The zero-order valence-corrected chi connectivity index (χ0v) is 18.7. The molecule has 0 bridgehead atoms. The first-order chi connectivity index (χ1) is 15.5. The molecule has 1 amide bonds. The van der Waals surface area contributed by atoms with E-state index in [1.807, 2.05) is 13.8 Å². The van der Waals surface area contributed by atoms with E-state index < -0.39 is 21.8 Å². The van der Waals surface area contributed by atoms with Crippen LogP contribution in [0.5, 0.6) is 5.88 Å². The van der Waals surface area contributed by atoms with E-state index in [0.717, 1.165) is 16.4 Å². The molecule has 2 aromatic rings. The SMILES string of the molecule is CC1CN(C(=O)c2cnc3c(c2)N(S(=O)(=O)c2ccc(C(F)(F)F)cc2)CCO3)CC(C)O1. The average Bonchev–Trinajstić information content (AvgIpc) is 2.76. The van der Waals surface area contributed by atoms with E-state index in [1.54, 1.807) is 4.90 Å². The monoisotopic (exact) mass is 485 g/mol. The van der Waals surface area contributed by atoms with Crippen molar-refractivity contribution in [2.75, 3.05) is 30.5 Å². The Hall–Kier alpha value is -2.86. The third-order valence-electron chi connectivity index (χ3n) is 5.36. The molecule has 0 saturated carbocycles. The maximum atomic E-state index is 13.2. The number of halogens is 3. The maximum absolute atomic E-state index is 13.2. The molecule has 0 radical (unpaired) electrons. The number of hydrogen-bond acceptors (Lipinski definition) is 6. The van der Waals surface area contributed by atoms with Crippen molar-refractivity contribution in [1.82, 2.24) is 9.88 Å². The number of morpholine rings is 1. The van der Waals surface area contributed by atoms with Crippen LogP contribution in [0.25, 0.3) is 0 Å². The number of anilines is 1. The molecule has 0 aliphatic carbocycles. The van der Waals surface area contributed by atoms with Gasteiger partial charge in [0.05, 0.1) is 34.8 Å². The van der Waals surface area contributed by atoms with Crippen LogP contribution in [0.15, 0.2) is 41.4 Å². The lowest BCUT2D eigenvalue weighted by molar-refractivity contribution is -0.137. The number of benzene rings is 1. The fourth-order valence-corrected chi connectivity index (χ4v) is 5.35. The zero-order valence-electron chi connectivity index (χ0n) is 17.9. The van der Waals surface area contributed by atoms with E-state index in [1.165, 1.54) is 12.3 Å². The Balaban J connectivity index is 1.66. The molecule has 33 heavy (non-hydrogen) atoms. The van der Waals surface area contributed by atoms with Gasteiger partial charge < -0.3 is 14.4 Å². The number of fused-ring (bicyclic) bond motifs is 1. The predicted octanol–water partition coefficient (Wildman–Crippen LogP) is 2.94. The molecule has 2 unspecified atom stereocenters. The molecule has 12 heteroatoms. The smallest absolute Gasteiger partial charge is 0.416 e. The molecule has 1 saturated heterocycles. The molecule has 8 nitrogen and oxygen atoms in total. The minimum absolute atomic E-state index is 0.00561. The molecule has 1 aromatic carbocycles. The maximum Gasteiger partial charge on any atom is 0.416 e. The second-order valence-corrected chi connectivity index (χ2v) is 9.83. The van der Waals surface area contributed by atoms with Crippen LogP contribution < -0.4 is 9.04 Å². The minimum atomic E-state index is -4.58. The van der Waals surface area contributed by atoms with Crippen molar-refractivity contribution in [3.63, 3.8) is 0 Å². The first-order valence-electron chi connectivity index (χ1n) is 10.2. The molecule has 2 aliphatic rings. The van der Waals surface area contributed by atoms with Gasteiger partial charge in [-0.15, -0.1) is 0 Å². The Morgan fingerprint density at radius 2 is 1.76 bits per heavy atom. The second-order valence-electron chi connectivity index (χ2n) is 7.96. The number of sulfonamides is 1. The number of carbonyl (C=O) groups is 1. The molecule has 0 N–H and O–H groups in total. The molecule has 3 heterocycles. The molecular weight excluding hydrogens is 463 g/mol. The van der Waals surface area contributed by atoms with Crippen molar-refractivity contribution in [2.45, 2.75) is 37.1 Å². The molecule has 2 aliphatic heterocycles. The summed E-state index contributed by atoms with van der Waals surface area (Å²) in [5.74, 6) is -0.304. The van der Waals surface area contributed by atoms with E-state index in [-0.39, 0.29) is 53.3 Å². The number of aromatic nitrogens is 1. The summed E-state index contributed by atoms with van der Waals surface area (Å²) in [5, 5.41) is 0. The normalized spacial score (nSPS) is 21.4.